The maximum atomic E-state index is 12.9. The molecule has 10 heteroatoms. The van der Waals surface area contributed by atoms with Crippen LogP contribution in [-0.4, -0.2) is 55.1 Å². The number of hydrogen-bond donors (Lipinski definition) is 2. The van der Waals surface area contributed by atoms with Gasteiger partial charge in [-0.3, -0.25) is 4.79 Å². The molecule has 2 N–H and O–H groups in total. The van der Waals surface area contributed by atoms with E-state index >= 15 is 0 Å². The summed E-state index contributed by atoms with van der Waals surface area (Å²) in [5.74, 6) is 0.0806. The molecule has 1 amide bonds. The third-order valence-corrected chi connectivity index (χ3v) is 3.84. The van der Waals surface area contributed by atoms with Gasteiger partial charge in [0, 0.05) is 24.8 Å². The average molecular weight is 397 g/mol. The van der Waals surface area contributed by atoms with Gasteiger partial charge in [-0.1, -0.05) is 0 Å². The molecule has 1 aromatic carbocycles. The van der Waals surface area contributed by atoms with Crippen LogP contribution in [0.25, 0.3) is 0 Å². The normalized spacial score (nSPS) is 11.4. The molecule has 0 bridgehead atoms. The Morgan fingerprint density at radius 1 is 1.29 bits per heavy atom. The predicted molar refractivity (Wildman–Crippen MR) is 98.9 cm³/mol. The monoisotopic (exact) mass is 397 g/mol. The van der Waals surface area contributed by atoms with Gasteiger partial charge in [0.25, 0.3) is 5.91 Å². The van der Waals surface area contributed by atoms with Gasteiger partial charge in [0.1, 0.15) is 5.75 Å². The molecule has 152 valence electrons. The van der Waals surface area contributed by atoms with Crippen molar-refractivity contribution in [2.24, 2.45) is 0 Å². The van der Waals surface area contributed by atoms with E-state index in [9.17, 15) is 18.0 Å². The van der Waals surface area contributed by atoms with Crippen LogP contribution in [0.1, 0.15) is 21.6 Å². The lowest BCUT2D eigenvalue weighted by Crippen LogP contribution is -2.31. The molecule has 0 saturated carbocycles. The molecule has 0 aliphatic rings. The highest BCUT2D eigenvalue weighted by Gasteiger charge is 2.33. The van der Waals surface area contributed by atoms with Gasteiger partial charge in [-0.2, -0.15) is 13.2 Å². The molecule has 0 saturated heterocycles. The minimum absolute atomic E-state index is 0.0334. The number of likely N-dealkylation sites (N-methyl/N-ethyl adjacent to an activating group) is 1. The van der Waals surface area contributed by atoms with Gasteiger partial charge in [0.15, 0.2) is 0 Å². The van der Waals surface area contributed by atoms with Crippen molar-refractivity contribution in [2.75, 3.05) is 39.6 Å². The minimum Gasteiger partial charge on any atom is -0.495 e. The number of aromatic nitrogens is 2. The van der Waals surface area contributed by atoms with Crippen molar-refractivity contribution in [3.8, 4) is 5.75 Å². The minimum atomic E-state index is -4.52. The molecule has 7 nitrogen and oxygen atoms in total. The number of alkyl halides is 3. The highest BCUT2D eigenvalue weighted by molar-refractivity contribution is 5.95. The van der Waals surface area contributed by atoms with Gasteiger partial charge in [-0.25, -0.2) is 9.97 Å². The lowest BCUT2D eigenvalue weighted by atomic mass is 10.1. The second-order valence-electron chi connectivity index (χ2n) is 6.29. The Balaban J connectivity index is 2.22. The van der Waals surface area contributed by atoms with E-state index in [1.807, 2.05) is 19.0 Å². The van der Waals surface area contributed by atoms with Crippen LogP contribution < -0.4 is 15.4 Å². The molecule has 2 aromatic rings. The molecule has 0 aliphatic heterocycles. The Labute approximate surface area is 160 Å². The summed E-state index contributed by atoms with van der Waals surface area (Å²) in [4.78, 5) is 21.8. The van der Waals surface area contributed by atoms with Gasteiger partial charge in [-0.05, 0) is 39.2 Å². The first kappa shape index (κ1) is 21.4. The second-order valence-corrected chi connectivity index (χ2v) is 6.29. The smallest absolute Gasteiger partial charge is 0.419 e. The molecule has 0 fully saturated rings. The zero-order valence-corrected chi connectivity index (χ0v) is 16.0. The Hall–Kier alpha value is -2.88. The largest absolute Gasteiger partial charge is 0.495 e. The van der Waals surface area contributed by atoms with E-state index in [4.69, 9.17) is 4.74 Å². The third-order valence-electron chi connectivity index (χ3n) is 3.84. The van der Waals surface area contributed by atoms with Gasteiger partial charge in [-0.15, -0.1) is 0 Å². The van der Waals surface area contributed by atoms with Gasteiger partial charge < -0.3 is 20.3 Å². The average Bonchev–Trinajstić information content (AvgIpc) is 2.60. The Morgan fingerprint density at radius 3 is 2.57 bits per heavy atom. The van der Waals surface area contributed by atoms with E-state index in [1.54, 1.807) is 12.1 Å². The molecule has 0 unspecified atom stereocenters. The summed E-state index contributed by atoms with van der Waals surface area (Å²) in [6.07, 6.45) is -3.81. The standard InChI is InChI=1S/C18H22F3N5O2/c1-11-13(18(19,20)21)10-23-17(24-11)25-14-9-12(5-6-15(14)28-4)16(27)22-7-8-26(2)3/h5-6,9-10H,7-8H2,1-4H3,(H,22,27)(H,23,24,25). The molecule has 0 spiro atoms. The van der Waals surface area contributed by atoms with Crippen molar-refractivity contribution in [1.29, 1.82) is 0 Å². The number of amides is 1. The molecule has 0 atom stereocenters. The summed E-state index contributed by atoms with van der Waals surface area (Å²) >= 11 is 0. The topological polar surface area (TPSA) is 79.4 Å². The quantitative estimate of drug-likeness (QED) is 0.748. The summed E-state index contributed by atoms with van der Waals surface area (Å²) in [6, 6.07) is 4.70. The summed E-state index contributed by atoms with van der Waals surface area (Å²) in [7, 11) is 5.23. The number of anilines is 2. The van der Waals surface area contributed by atoms with Crippen LogP contribution in [0.15, 0.2) is 24.4 Å². The van der Waals surface area contributed by atoms with Crippen LogP contribution in [0.4, 0.5) is 24.8 Å². The maximum absolute atomic E-state index is 12.9. The number of nitrogens with one attached hydrogen (secondary N) is 2. The Morgan fingerprint density at radius 2 is 2.00 bits per heavy atom. The van der Waals surface area contributed by atoms with Crippen LogP contribution in [0, 0.1) is 6.92 Å². The molecule has 1 aromatic heterocycles. The van der Waals surface area contributed by atoms with Crippen LogP contribution in [-0.2, 0) is 6.18 Å². The summed E-state index contributed by atoms with van der Waals surface area (Å²) < 4.78 is 43.8. The predicted octanol–water partition coefficient (Wildman–Crippen LogP) is 2.85. The number of benzene rings is 1. The molecular formula is C18H22F3N5O2. The van der Waals surface area contributed by atoms with Crippen LogP contribution in [0.3, 0.4) is 0 Å². The van der Waals surface area contributed by atoms with Crippen molar-refractivity contribution in [1.82, 2.24) is 20.2 Å². The SMILES string of the molecule is COc1ccc(C(=O)NCCN(C)C)cc1Nc1ncc(C(F)(F)F)c(C)n1. The van der Waals surface area contributed by atoms with Gasteiger partial charge >= 0.3 is 6.18 Å². The van der Waals surface area contributed by atoms with Gasteiger partial charge in [0.05, 0.1) is 24.1 Å². The molecule has 28 heavy (non-hydrogen) atoms. The first-order valence-electron chi connectivity index (χ1n) is 8.40. The van der Waals surface area contributed by atoms with Gasteiger partial charge in [0.2, 0.25) is 5.95 Å². The lowest BCUT2D eigenvalue weighted by molar-refractivity contribution is -0.138. The van der Waals surface area contributed by atoms with Crippen LogP contribution in [0.5, 0.6) is 5.75 Å². The van der Waals surface area contributed by atoms with Crippen molar-refractivity contribution >= 4 is 17.5 Å². The molecular weight excluding hydrogens is 375 g/mol. The number of methoxy groups -OCH3 is 1. The summed E-state index contributed by atoms with van der Waals surface area (Å²) in [5.41, 5.74) is -0.381. The first-order valence-corrected chi connectivity index (χ1v) is 8.40. The maximum Gasteiger partial charge on any atom is 0.419 e. The fourth-order valence-corrected chi connectivity index (χ4v) is 2.37. The fraction of sp³-hybridized carbons (Fsp3) is 0.389. The second kappa shape index (κ2) is 8.87. The number of aryl methyl sites for hydroxylation is 1. The van der Waals surface area contributed by atoms with E-state index in [2.05, 4.69) is 20.6 Å². The van der Waals surface area contributed by atoms with Crippen LogP contribution >= 0.6 is 0 Å². The van der Waals surface area contributed by atoms with E-state index < -0.39 is 11.7 Å². The van der Waals surface area contributed by atoms with Crippen LogP contribution in [0.2, 0.25) is 0 Å². The third kappa shape index (κ3) is 5.56. The number of hydrogen-bond acceptors (Lipinski definition) is 6. The molecule has 2 rings (SSSR count). The van der Waals surface area contributed by atoms with E-state index in [0.29, 0.717) is 30.1 Å². The number of nitrogens with zero attached hydrogens (tertiary/aromatic N) is 3. The Kier molecular flexibility index (Phi) is 6.79. The zero-order chi connectivity index (χ0) is 20.9. The first-order chi connectivity index (χ1) is 13.1. The molecule has 0 aliphatic carbocycles. The molecule has 1 heterocycles. The number of halogens is 3. The number of rotatable bonds is 7. The molecule has 0 radical (unpaired) electrons. The van der Waals surface area contributed by atoms with E-state index in [0.717, 1.165) is 6.20 Å². The number of carbonyl (C=O) groups is 1. The van der Waals surface area contributed by atoms with E-state index in [1.165, 1.54) is 20.1 Å². The van der Waals surface area contributed by atoms with Crippen molar-refractivity contribution in [2.45, 2.75) is 13.1 Å². The van der Waals surface area contributed by atoms with Crippen molar-refractivity contribution in [3.05, 3.63) is 41.2 Å². The number of ether oxygens (including phenoxy) is 1. The summed E-state index contributed by atoms with van der Waals surface area (Å²) in [5, 5.41) is 5.60. The van der Waals surface area contributed by atoms with E-state index in [-0.39, 0.29) is 17.5 Å². The van der Waals surface area contributed by atoms with Crippen molar-refractivity contribution < 1.29 is 22.7 Å². The Bertz CT molecular complexity index is 840. The number of carbonyl (C=O) groups excluding carboxylic acids is 1. The van der Waals surface area contributed by atoms with Crippen molar-refractivity contribution in [3.63, 3.8) is 0 Å². The highest BCUT2D eigenvalue weighted by atomic mass is 19.4. The fourth-order valence-electron chi connectivity index (χ4n) is 2.37. The zero-order valence-electron chi connectivity index (χ0n) is 16.0. The summed E-state index contributed by atoms with van der Waals surface area (Å²) in [6.45, 7) is 2.41. The highest BCUT2D eigenvalue weighted by Crippen LogP contribution is 2.32. The lowest BCUT2D eigenvalue weighted by Gasteiger charge is -2.14.